The number of hydrogen-bond donors (Lipinski definition) is 1. The van der Waals surface area contributed by atoms with E-state index in [0.29, 0.717) is 24.1 Å². The minimum absolute atomic E-state index is 0.312. The van der Waals surface area contributed by atoms with Crippen LogP contribution in [-0.4, -0.2) is 33.5 Å². The molecule has 0 saturated carbocycles. The maximum atomic E-state index is 9.93. The maximum absolute atomic E-state index is 9.93. The van der Waals surface area contributed by atoms with Gasteiger partial charge >= 0.3 is 0 Å². The second-order valence-corrected chi connectivity index (χ2v) is 5.89. The summed E-state index contributed by atoms with van der Waals surface area (Å²) >= 11 is 1.45. The fourth-order valence-corrected chi connectivity index (χ4v) is 2.72. The molecule has 1 aromatic heterocycles. The first-order valence-corrected chi connectivity index (χ1v) is 7.87. The molecule has 1 N–H and O–H groups in total. The van der Waals surface area contributed by atoms with E-state index in [-0.39, 0.29) is 0 Å². The lowest BCUT2D eigenvalue weighted by Gasteiger charge is -2.11. The Morgan fingerprint density at radius 1 is 1.14 bits per heavy atom. The maximum Gasteiger partial charge on any atom is 0.188 e. The molecule has 0 aliphatic heterocycles. The molecule has 0 aliphatic rings. The van der Waals surface area contributed by atoms with E-state index in [4.69, 9.17) is 4.74 Å². The van der Waals surface area contributed by atoms with Crippen molar-refractivity contribution in [3.8, 4) is 0 Å². The number of benzene rings is 1. The highest BCUT2D eigenvalue weighted by Gasteiger charge is 2.08. The van der Waals surface area contributed by atoms with Crippen LogP contribution in [0.25, 0.3) is 0 Å². The summed E-state index contributed by atoms with van der Waals surface area (Å²) in [5.74, 6) is 0.525. The Morgan fingerprint density at radius 2 is 1.81 bits per heavy atom. The minimum atomic E-state index is -0.525. The van der Waals surface area contributed by atoms with Gasteiger partial charge in [-0.05, 0) is 25.5 Å². The zero-order valence-corrected chi connectivity index (χ0v) is 13.1. The smallest absolute Gasteiger partial charge is 0.188 e. The highest BCUT2D eigenvalue weighted by atomic mass is 32.2. The van der Waals surface area contributed by atoms with Crippen LogP contribution in [-0.2, 0) is 11.3 Å². The summed E-state index contributed by atoms with van der Waals surface area (Å²) in [6.07, 6.45) is -0.525. The number of thioether (sulfide) groups is 1. The van der Waals surface area contributed by atoms with Crippen LogP contribution in [0.2, 0.25) is 0 Å². The molecule has 1 aromatic carbocycles. The predicted molar refractivity (Wildman–Crippen MR) is 84.3 cm³/mol. The monoisotopic (exact) mass is 304 g/mol. The lowest BCUT2D eigenvalue weighted by Crippen LogP contribution is -2.18. The summed E-state index contributed by atoms with van der Waals surface area (Å²) in [4.78, 5) is 8.67. The fourth-order valence-electron chi connectivity index (χ4n) is 1.86. The van der Waals surface area contributed by atoms with Gasteiger partial charge in [-0.1, -0.05) is 42.1 Å². The molecule has 0 bridgehead atoms. The Bertz CT molecular complexity index is 543. The summed E-state index contributed by atoms with van der Waals surface area (Å²) in [6, 6.07) is 11.9. The molecule has 0 unspecified atom stereocenters. The topological polar surface area (TPSA) is 55.2 Å². The van der Waals surface area contributed by atoms with E-state index in [1.54, 1.807) is 0 Å². The van der Waals surface area contributed by atoms with E-state index >= 15 is 0 Å². The van der Waals surface area contributed by atoms with Gasteiger partial charge in [-0.25, -0.2) is 9.97 Å². The number of ether oxygens (including phenoxy) is 1. The molecular weight excluding hydrogens is 284 g/mol. The highest BCUT2D eigenvalue weighted by Crippen LogP contribution is 2.15. The molecule has 1 heterocycles. The second-order valence-electron chi connectivity index (χ2n) is 4.90. The fraction of sp³-hybridized carbons (Fsp3) is 0.375. The van der Waals surface area contributed by atoms with E-state index in [9.17, 15) is 5.11 Å². The van der Waals surface area contributed by atoms with Gasteiger partial charge in [-0.3, -0.25) is 0 Å². The van der Waals surface area contributed by atoms with Crippen LogP contribution in [0.4, 0.5) is 0 Å². The number of aliphatic hydroxyl groups is 1. The number of aryl methyl sites for hydroxylation is 2. The Morgan fingerprint density at radius 3 is 2.48 bits per heavy atom. The standard InChI is InChI=1S/C16H20N2O2S/c1-12-8-13(2)18-16(17-12)21-11-15(19)10-20-9-14-6-4-3-5-7-14/h3-8,15,19H,9-11H2,1-2H3/t15-/m0/s1. The van der Waals surface area contributed by atoms with Crippen molar-refractivity contribution < 1.29 is 9.84 Å². The Kier molecular flexibility index (Phi) is 6.17. The molecule has 0 radical (unpaired) electrons. The van der Waals surface area contributed by atoms with E-state index in [0.717, 1.165) is 17.0 Å². The molecule has 0 saturated heterocycles. The van der Waals surface area contributed by atoms with E-state index in [1.165, 1.54) is 11.8 Å². The van der Waals surface area contributed by atoms with Crippen molar-refractivity contribution in [2.45, 2.75) is 31.7 Å². The summed E-state index contributed by atoms with van der Waals surface area (Å²) in [7, 11) is 0. The summed E-state index contributed by atoms with van der Waals surface area (Å²) in [5.41, 5.74) is 3.00. The van der Waals surface area contributed by atoms with Crippen molar-refractivity contribution in [3.63, 3.8) is 0 Å². The number of aliphatic hydroxyl groups excluding tert-OH is 1. The molecule has 0 amide bonds. The molecule has 112 valence electrons. The third-order valence-corrected chi connectivity index (χ3v) is 3.78. The Labute approximate surface area is 129 Å². The molecule has 0 aliphatic carbocycles. The van der Waals surface area contributed by atoms with Crippen LogP contribution in [0.15, 0.2) is 41.6 Å². The third kappa shape index (κ3) is 5.83. The van der Waals surface area contributed by atoms with Gasteiger partial charge in [0, 0.05) is 17.1 Å². The van der Waals surface area contributed by atoms with Gasteiger partial charge < -0.3 is 9.84 Å². The number of hydrogen-bond acceptors (Lipinski definition) is 5. The molecule has 0 fully saturated rings. The van der Waals surface area contributed by atoms with Crippen molar-refractivity contribution in [2.75, 3.05) is 12.4 Å². The van der Waals surface area contributed by atoms with Gasteiger partial charge in [0.25, 0.3) is 0 Å². The van der Waals surface area contributed by atoms with Crippen molar-refractivity contribution in [2.24, 2.45) is 0 Å². The number of nitrogens with zero attached hydrogens (tertiary/aromatic N) is 2. The van der Waals surface area contributed by atoms with Crippen LogP contribution >= 0.6 is 11.8 Å². The van der Waals surface area contributed by atoms with Crippen LogP contribution in [0.1, 0.15) is 17.0 Å². The zero-order valence-electron chi connectivity index (χ0n) is 12.3. The van der Waals surface area contributed by atoms with Gasteiger partial charge in [-0.15, -0.1) is 0 Å². The highest BCUT2D eigenvalue weighted by molar-refractivity contribution is 7.99. The number of rotatable bonds is 7. The van der Waals surface area contributed by atoms with E-state index < -0.39 is 6.10 Å². The van der Waals surface area contributed by atoms with Gasteiger partial charge in [0.05, 0.1) is 19.3 Å². The first-order chi connectivity index (χ1) is 10.1. The SMILES string of the molecule is Cc1cc(C)nc(SC[C@@H](O)COCc2ccccc2)n1. The van der Waals surface area contributed by atoms with Crippen molar-refractivity contribution in [1.82, 2.24) is 9.97 Å². The molecule has 0 spiro atoms. The average Bonchev–Trinajstić information content (AvgIpc) is 2.45. The minimum Gasteiger partial charge on any atom is -0.390 e. The zero-order chi connectivity index (χ0) is 15.1. The van der Waals surface area contributed by atoms with Gasteiger partial charge in [0.2, 0.25) is 0 Å². The molecule has 2 rings (SSSR count). The molecule has 4 nitrogen and oxygen atoms in total. The van der Waals surface area contributed by atoms with Crippen molar-refractivity contribution >= 4 is 11.8 Å². The van der Waals surface area contributed by atoms with E-state index in [2.05, 4.69) is 9.97 Å². The molecular formula is C16H20N2O2S. The third-order valence-electron chi connectivity index (χ3n) is 2.79. The first kappa shape index (κ1) is 15.9. The predicted octanol–water partition coefficient (Wildman–Crippen LogP) is 2.76. The second kappa shape index (κ2) is 8.12. The van der Waals surface area contributed by atoms with Crippen LogP contribution < -0.4 is 0 Å². The number of aromatic nitrogens is 2. The van der Waals surface area contributed by atoms with Crippen LogP contribution in [0.3, 0.4) is 0 Å². The molecule has 2 aromatic rings. The van der Waals surface area contributed by atoms with Crippen LogP contribution in [0.5, 0.6) is 0 Å². The Hall–Kier alpha value is -1.43. The summed E-state index contributed by atoms with van der Waals surface area (Å²) in [6.45, 7) is 4.71. The molecule has 1 atom stereocenters. The summed E-state index contributed by atoms with van der Waals surface area (Å²) in [5, 5.41) is 10.6. The van der Waals surface area contributed by atoms with Crippen LogP contribution in [0, 0.1) is 13.8 Å². The van der Waals surface area contributed by atoms with Crippen molar-refractivity contribution in [1.29, 1.82) is 0 Å². The van der Waals surface area contributed by atoms with Gasteiger partial charge in [-0.2, -0.15) is 0 Å². The van der Waals surface area contributed by atoms with Crippen molar-refractivity contribution in [3.05, 3.63) is 53.3 Å². The normalized spacial score (nSPS) is 12.3. The molecule has 21 heavy (non-hydrogen) atoms. The first-order valence-electron chi connectivity index (χ1n) is 6.88. The quantitative estimate of drug-likeness (QED) is 0.629. The lowest BCUT2D eigenvalue weighted by molar-refractivity contribution is 0.0398. The van der Waals surface area contributed by atoms with Gasteiger partial charge in [0.15, 0.2) is 5.16 Å². The lowest BCUT2D eigenvalue weighted by atomic mass is 10.2. The van der Waals surface area contributed by atoms with E-state index in [1.807, 2.05) is 50.2 Å². The average molecular weight is 304 g/mol. The van der Waals surface area contributed by atoms with Gasteiger partial charge in [0.1, 0.15) is 0 Å². The largest absolute Gasteiger partial charge is 0.390 e. The molecule has 5 heteroatoms. The Balaban J connectivity index is 1.71. The summed E-state index contributed by atoms with van der Waals surface area (Å²) < 4.78 is 5.51.